The molecule has 0 fully saturated rings. The Kier molecular flexibility index (Phi) is 12.8. The molecule has 2 aromatic carbocycles. The lowest BCUT2D eigenvalue weighted by atomic mass is 10.0. The molecule has 2 nitrogen and oxygen atoms in total. The number of rotatable bonds is 9. The van der Waals surface area contributed by atoms with E-state index in [4.69, 9.17) is 9.47 Å². The van der Waals surface area contributed by atoms with Crippen molar-refractivity contribution in [2.45, 2.75) is 9.65 Å². The Morgan fingerprint density at radius 2 is 0.867 bits per heavy atom. The molecule has 0 heterocycles. The molecule has 2 rings (SSSR count). The van der Waals surface area contributed by atoms with Crippen LogP contribution in [0.4, 0.5) is 0 Å². The largest absolute Gasteiger partial charge is 0.488 e. The van der Waals surface area contributed by atoms with Gasteiger partial charge in [-0.05, 0) is 99.1 Å². The zero-order valence-electron chi connectivity index (χ0n) is 15.0. The molecule has 30 heavy (non-hydrogen) atoms. The van der Waals surface area contributed by atoms with Crippen molar-refractivity contribution in [2.24, 2.45) is 0 Å². The summed E-state index contributed by atoms with van der Waals surface area (Å²) in [5.74, 6) is 1.61. The van der Waals surface area contributed by atoms with Crippen LogP contribution in [0.25, 0.3) is 0 Å². The smallest absolute Gasteiger partial charge is 0.121 e. The van der Waals surface area contributed by atoms with Gasteiger partial charge in [-0.2, -0.15) is 0 Å². The Labute approximate surface area is 243 Å². The second-order valence-corrected chi connectivity index (χ2v) is 15.0. The Morgan fingerprint density at radius 3 is 1.13 bits per heavy atom. The third-order valence-electron chi connectivity index (χ3n) is 3.80. The Balaban J connectivity index is 1.98. The zero-order chi connectivity index (χ0) is 22.3. The number of benzene rings is 2. The van der Waals surface area contributed by atoms with Crippen molar-refractivity contribution in [3.63, 3.8) is 0 Å². The fourth-order valence-corrected chi connectivity index (χ4v) is 4.14. The van der Waals surface area contributed by atoms with Gasteiger partial charge in [0, 0.05) is 0 Å². The summed E-state index contributed by atoms with van der Waals surface area (Å²) in [7, 11) is 0. The van der Waals surface area contributed by atoms with Gasteiger partial charge in [-0.3, -0.25) is 0 Å². The highest BCUT2D eigenvalue weighted by atomic mass is 79.9. The first kappa shape index (κ1) is 27.6. The van der Waals surface area contributed by atoms with E-state index in [-0.39, 0.29) is 9.65 Å². The lowest BCUT2D eigenvalue weighted by Gasteiger charge is -2.18. The summed E-state index contributed by atoms with van der Waals surface area (Å²) in [6.07, 6.45) is 0. The average molecular weight is 926 g/mol. The second kappa shape index (κ2) is 13.9. The third kappa shape index (κ3) is 8.95. The quantitative estimate of drug-likeness (QED) is 0.233. The summed E-state index contributed by atoms with van der Waals surface area (Å²) < 4.78 is 15.0. The minimum atomic E-state index is 0.100. The SMILES string of the molecule is BrC(Br)=C(Br)COc1ccc(C(Br)C(Br)c2ccc(OCC(Br)=C(Br)Br)cc2)cc1. The third-order valence-corrected chi connectivity index (χ3v) is 11.9. The topological polar surface area (TPSA) is 18.5 Å². The van der Waals surface area contributed by atoms with Gasteiger partial charge in [0.25, 0.3) is 0 Å². The molecule has 0 saturated carbocycles. The van der Waals surface area contributed by atoms with Crippen LogP contribution in [0.3, 0.4) is 0 Å². The minimum absolute atomic E-state index is 0.100. The van der Waals surface area contributed by atoms with Crippen LogP contribution in [-0.4, -0.2) is 13.2 Å². The Hall–Kier alpha value is 1.36. The number of hydrogen-bond acceptors (Lipinski definition) is 2. The zero-order valence-corrected chi connectivity index (χ0v) is 27.7. The number of alkyl halides is 2. The molecule has 0 aromatic heterocycles. The van der Waals surface area contributed by atoms with Crippen LogP contribution in [0.5, 0.6) is 11.5 Å². The van der Waals surface area contributed by atoms with Crippen molar-refractivity contribution < 1.29 is 9.47 Å². The van der Waals surface area contributed by atoms with Crippen molar-refractivity contribution in [1.29, 1.82) is 0 Å². The molecule has 10 heteroatoms. The van der Waals surface area contributed by atoms with Gasteiger partial charge in [-0.15, -0.1) is 0 Å². The van der Waals surface area contributed by atoms with E-state index in [1.54, 1.807) is 0 Å². The van der Waals surface area contributed by atoms with E-state index in [1.165, 1.54) is 0 Å². The summed E-state index contributed by atoms with van der Waals surface area (Å²) >= 11 is 27.9. The van der Waals surface area contributed by atoms with Gasteiger partial charge >= 0.3 is 0 Å². The number of hydrogen-bond donors (Lipinski definition) is 0. The van der Waals surface area contributed by atoms with Crippen LogP contribution < -0.4 is 9.47 Å². The number of ether oxygens (including phenoxy) is 2. The van der Waals surface area contributed by atoms with E-state index in [0.717, 1.165) is 38.4 Å². The van der Waals surface area contributed by atoms with Crippen molar-refractivity contribution in [2.75, 3.05) is 13.2 Å². The highest BCUT2D eigenvalue weighted by Crippen LogP contribution is 2.43. The van der Waals surface area contributed by atoms with Gasteiger partial charge in [-0.25, -0.2) is 0 Å². The first-order valence-electron chi connectivity index (χ1n) is 8.32. The van der Waals surface area contributed by atoms with E-state index in [2.05, 4.69) is 152 Å². The maximum Gasteiger partial charge on any atom is 0.121 e. The molecule has 0 spiro atoms. The van der Waals surface area contributed by atoms with Gasteiger partial charge < -0.3 is 9.47 Å². The minimum Gasteiger partial charge on any atom is -0.488 e. The van der Waals surface area contributed by atoms with Crippen molar-refractivity contribution in [3.8, 4) is 11.5 Å². The first-order chi connectivity index (χ1) is 14.2. The van der Waals surface area contributed by atoms with Crippen molar-refractivity contribution in [3.05, 3.63) is 75.4 Å². The Morgan fingerprint density at radius 1 is 0.567 bits per heavy atom. The predicted molar refractivity (Wildman–Crippen MR) is 155 cm³/mol. The molecular formula is C20H14Br8O2. The molecule has 162 valence electrons. The maximum atomic E-state index is 5.76. The summed E-state index contributed by atoms with van der Waals surface area (Å²) in [4.78, 5) is 0.200. The highest BCUT2D eigenvalue weighted by Gasteiger charge is 2.20. The van der Waals surface area contributed by atoms with Gasteiger partial charge in [0.15, 0.2) is 0 Å². The van der Waals surface area contributed by atoms with Crippen LogP contribution >= 0.6 is 127 Å². The summed E-state index contributed by atoms with van der Waals surface area (Å²) in [6, 6.07) is 16.1. The maximum absolute atomic E-state index is 5.76. The molecule has 0 amide bonds. The van der Waals surface area contributed by atoms with Crippen LogP contribution in [0.1, 0.15) is 20.8 Å². The van der Waals surface area contributed by atoms with Crippen molar-refractivity contribution >= 4 is 127 Å². The average Bonchev–Trinajstić information content (AvgIpc) is 2.75. The fraction of sp³-hybridized carbons (Fsp3) is 0.200. The number of halogens is 8. The molecule has 0 bridgehead atoms. The van der Waals surface area contributed by atoms with Gasteiger partial charge in [-0.1, -0.05) is 88.0 Å². The van der Waals surface area contributed by atoms with Gasteiger partial charge in [0.2, 0.25) is 0 Å². The fourth-order valence-electron chi connectivity index (χ4n) is 2.24. The van der Waals surface area contributed by atoms with Crippen LogP contribution in [-0.2, 0) is 0 Å². The normalized spacial score (nSPS) is 12.7. The summed E-state index contributed by atoms with van der Waals surface area (Å²) in [5.41, 5.74) is 2.30. The standard InChI is InChI=1S/C20H14Br8O2/c21-15(19(25)26)9-29-13-5-1-11(2-6-13)17(23)18(24)12-3-7-14(8-4-12)30-10-16(22)20(27)28/h1-8,17-18H,9-10H2. The molecule has 0 aliphatic rings. The molecule has 0 N–H and O–H groups in total. The van der Waals surface area contributed by atoms with Gasteiger partial charge in [0.05, 0.1) is 25.4 Å². The molecule has 0 saturated heterocycles. The lowest BCUT2D eigenvalue weighted by Crippen LogP contribution is -2.01. The molecule has 0 aliphatic heterocycles. The van der Waals surface area contributed by atoms with E-state index in [0.29, 0.717) is 13.2 Å². The molecule has 0 radical (unpaired) electrons. The molecule has 2 unspecified atom stereocenters. The lowest BCUT2D eigenvalue weighted by molar-refractivity contribution is 0.360. The van der Waals surface area contributed by atoms with E-state index < -0.39 is 0 Å². The molecule has 2 atom stereocenters. The first-order valence-corrected chi connectivity index (χ1v) is 14.9. The van der Waals surface area contributed by atoms with Gasteiger partial charge in [0.1, 0.15) is 24.7 Å². The van der Waals surface area contributed by atoms with Crippen LogP contribution in [0, 0.1) is 0 Å². The molecule has 2 aromatic rings. The molecule has 0 aliphatic carbocycles. The molecular weight excluding hydrogens is 911 g/mol. The Bertz CT molecular complexity index is 811. The van der Waals surface area contributed by atoms with E-state index in [9.17, 15) is 0 Å². The summed E-state index contributed by atoms with van der Waals surface area (Å²) in [6.45, 7) is 0.884. The van der Waals surface area contributed by atoms with Crippen molar-refractivity contribution in [1.82, 2.24) is 0 Å². The second-order valence-electron chi connectivity index (χ2n) is 5.85. The summed E-state index contributed by atoms with van der Waals surface area (Å²) in [5, 5.41) is 0. The monoisotopic (exact) mass is 917 g/mol. The van der Waals surface area contributed by atoms with Crippen LogP contribution in [0.15, 0.2) is 64.3 Å². The predicted octanol–water partition coefficient (Wildman–Crippen LogP) is 10.7. The highest BCUT2D eigenvalue weighted by molar-refractivity contribution is 9.29. The van der Waals surface area contributed by atoms with E-state index in [1.807, 2.05) is 24.3 Å². The van der Waals surface area contributed by atoms with E-state index >= 15 is 0 Å². The van der Waals surface area contributed by atoms with Crippen LogP contribution in [0.2, 0.25) is 0 Å².